The fourth-order valence-corrected chi connectivity index (χ4v) is 8.59. The van der Waals surface area contributed by atoms with Crippen LogP contribution in [0.25, 0.3) is 0 Å². The van der Waals surface area contributed by atoms with Gasteiger partial charge in [0.25, 0.3) is 0 Å². The molecule has 216 valence electrons. The molecule has 3 aliphatic heterocycles. The maximum atomic E-state index is 13.1. The van der Waals surface area contributed by atoms with Crippen LogP contribution in [0.15, 0.2) is 83.7 Å². The summed E-state index contributed by atoms with van der Waals surface area (Å²) >= 11 is 1.64. The molecule has 0 radical (unpaired) electrons. The first kappa shape index (κ1) is 29.3. The van der Waals surface area contributed by atoms with E-state index < -0.39 is 24.3 Å². The molecule has 2 bridgehead atoms. The molecule has 5 unspecified atom stereocenters. The van der Waals surface area contributed by atoms with Gasteiger partial charge in [-0.3, -0.25) is 0 Å². The average Bonchev–Trinajstić information content (AvgIpc) is 3.61. The fourth-order valence-electron chi connectivity index (χ4n) is 5.79. The maximum absolute atomic E-state index is 13.1. The van der Waals surface area contributed by atoms with Gasteiger partial charge in [0.15, 0.2) is 19.5 Å². The van der Waals surface area contributed by atoms with E-state index in [0.29, 0.717) is 24.5 Å². The van der Waals surface area contributed by atoms with E-state index >= 15 is 0 Å². The molecule has 3 heterocycles. The van der Waals surface area contributed by atoms with Crippen molar-refractivity contribution < 1.29 is 28.5 Å². The largest absolute Gasteiger partial charge is 0.497 e. The van der Waals surface area contributed by atoms with Crippen molar-refractivity contribution in [3.8, 4) is 11.5 Å². The first-order valence-corrected chi connectivity index (χ1v) is 17.7. The van der Waals surface area contributed by atoms with E-state index in [-0.39, 0.29) is 17.2 Å². The number of aliphatic hydroxyl groups is 1. The fraction of sp³-hybridized carbons (Fsp3) is 0.500. The van der Waals surface area contributed by atoms with E-state index in [4.69, 9.17) is 23.4 Å². The van der Waals surface area contributed by atoms with E-state index in [2.05, 4.69) is 52.9 Å². The molecule has 0 amide bonds. The highest BCUT2D eigenvalue weighted by Gasteiger charge is 2.80. The Morgan fingerprint density at radius 2 is 1.73 bits per heavy atom. The van der Waals surface area contributed by atoms with E-state index in [1.54, 1.807) is 25.1 Å². The Hall–Kier alpha value is -2.23. The Kier molecular flexibility index (Phi) is 7.72. The minimum Gasteiger partial charge on any atom is -0.497 e. The third-order valence-electron chi connectivity index (χ3n) is 9.10. The van der Waals surface area contributed by atoms with Gasteiger partial charge in [0.05, 0.1) is 36.9 Å². The molecule has 8 heteroatoms. The average molecular weight is 583 g/mol. The molecule has 6 nitrogen and oxygen atoms in total. The van der Waals surface area contributed by atoms with E-state index in [9.17, 15) is 5.11 Å². The quantitative estimate of drug-likeness (QED) is 0.250. The zero-order valence-corrected chi connectivity index (χ0v) is 26.4. The van der Waals surface area contributed by atoms with Gasteiger partial charge in [-0.05, 0) is 73.6 Å². The Balaban J connectivity index is 1.59. The van der Waals surface area contributed by atoms with Crippen LogP contribution in [-0.2, 0) is 13.9 Å². The predicted octanol–water partition coefficient (Wildman–Crippen LogP) is 7.11. The van der Waals surface area contributed by atoms with Crippen molar-refractivity contribution in [3.05, 3.63) is 78.8 Å². The Morgan fingerprint density at radius 1 is 1.05 bits per heavy atom. The van der Waals surface area contributed by atoms with Crippen molar-refractivity contribution in [2.75, 3.05) is 13.7 Å². The highest BCUT2D eigenvalue weighted by atomic mass is 32.2. The van der Waals surface area contributed by atoms with Crippen molar-refractivity contribution in [2.24, 2.45) is 0 Å². The molecule has 2 saturated heterocycles. The van der Waals surface area contributed by atoms with Gasteiger partial charge in [0, 0.05) is 17.7 Å². The molecule has 40 heavy (non-hydrogen) atoms. The number of methoxy groups -OCH3 is 1. The van der Waals surface area contributed by atoms with Crippen LogP contribution in [0, 0.1) is 0 Å². The number of rotatable bonds is 9. The van der Waals surface area contributed by atoms with Crippen LogP contribution in [0.5, 0.6) is 11.5 Å². The summed E-state index contributed by atoms with van der Waals surface area (Å²) in [5.74, 6) is 1.96. The number of hydrogen-bond acceptors (Lipinski definition) is 7. The molecule has 0 saturated carbocycles. The van der Waals surface area contributed by atoms with Crippen LogP contribution in [0.1, 0.15) is 40.5 Å². The van der Waals surface area contributed by atoms with Crippen molar-refractivity contribution >= 4 is 20.1 Å². The molecular formula is C32H42O6SSi. The molecule has 5 atom stereocenters. The second-order valence-electron chi connectivity index (χ2n) is 12.5. The molecular weight excluding hydrogens is 540 g/mol. The first-order valence-electron chi connectivity index (χ1n) is 14.0. The number of hydrogen-bond donors (Lipinski definition) is 1. The van der Waals surface area contributed by atoms with Gasteiger partial charge in [0.1, 0.15) is 17.3 Å². The summed E-state index contributed by atoms with van der Waals surface area (Å²) in [4.78, 5) is 1.06. The summed E-state index contributed by atoms with van der Waals surface area (Å²) in [5.41, 5.74) is -2.72. The van der Waals surface area contributed by atoms with Crippen molar-refractivity contribution in [1.29, 1.82) is 0 Å². The number of ether oxygens (including phenoxy) is 4. The highest BCUT2D eigenvalue weighted by Crippen LogP contribution is 2.66. The molecule has 5 rings (SSSR count). The lowest BCUT2D eigenvalue weighted by atomic mass is 9.65. The summed E-state index contributed by atoms with van der Waals surface area (Å²) < 4.78 is 30.8. The van der Waals surface area contributed by atoms with Crippen LogP contribution in [-0.4, -0.2) is 55.3 Å². The zero-order chi connectivity index (χ0) is 28.8. The second kappa shape index (κ2) is 10.6. The summed E-state index contributed by atoms with van der Waals surface area (Å²) in [6.45, 7) is 13.8. The maximum Gasteiger partial charge on any atom is 0.192 e. The van der Waals surface area contributed by atoms with Crippen molar-refractivity contribution in [1.82, 2.24) is 0 Å². The lowest BCUT2D eigenvalue weighted by molar-refractivity contribution is -0.127. The Morgan fingerprint density at radius 3 is 2.33 bits per heavy atom. The zero-order valence-electron chi connectivity index (χ0n) is 24.6. The molecule has 0 aromatic heterocycles. The highest BCUT2D eigenvalue weighted by molar-refractivity contribution is 8.00. The minimum atomic E-state index is -2.24. The lowest BCUT2D eigenvalue weighted by Gasteiger charge is -2.53. The SMILES string of the molecule is COc1ccc(O/C=C\C23OC(CC2O[Si](C)(C)C(C)(C)C)C(C)(Sc2ccccc2)C3(O)C2=CCCO2)cc1. The van der Waals surface area contributed by atoms with Crippen LogP contribution in [0.4, 0.5) is 0 Å². The van der Waals surface area contributed by atoms with E-state index in [1.807, 2.05) is 54.6 Å². The first-order chi connectivity index (χ1) is 18.9. The van der Waals surface area contributed by atoms with Gasteiger partial charge in [-0.25, -0.2) is 0 Å². The van der Waals surface area contributed by atoms with Crippen molar-refractivity contribution in [3.63, 3.8) is 0 Å². The number of fused-ring (bicyclic) bond motifs is 2. The molecule has 3 aliphatic rings. The Labute approximate surface area is 243 Å². The summed E-state index contributed by atoms with van der Waals surface area (Å²) in [7, 11) is -0.602. The summed E-state index contributed by atoms with van der Waals surface area (Å²) in [6.07, 6.45) is 6.24. The second-order valence-corrected chi connectivity index (χ2v) is 18.8. The van der Waals surface area contributed by atoms with E-state index in [0.717, 1.165) is 17.1 Å². The van der Waals surface area contributed by atoms with Gasteiger partial charge in [-0.2, -0.15) is 0 Å². The van der Waals surface area contributed by atoms with Gasteiger partial charge < -0.3 is 28.5 Å². The third-order valence-corrected chi connectivity index (χ3v) is 15.1. The smallest absolute Gasteiger partial charge is 0.192 e. The topological polar surface area (TPSA) is 66.4 Å². The predicted molar refractivity (Wildman–Crippen MR) is 161 cm³/mol. The molecule has 0 aliphatic carbocycles. The summed E-state index contributed by atoms with van der Waals surface area (Å²) in [6, 6.07) is 17.6. The van der Waals surface area contributed by atoms with Crippen LogP contribution >= 0.6 is 11.8 Å². The molecule has 2 fully saturated rings. The third kappa shape index (κ3) is 4.71. The van der Waals surface area contributed by atoms with Crippen LogP contribution < -0.4 is 9.47 Å². The van der Waals surface area contributed by atoms with Gasteiger partial charge in [-0.15, -0.1) is 11.8 Å². The Bertz CT molecular complexity index is 1260. The molecule has 0 spiro atoms. The van der Waals surface area contributed by atoms with Crippen LogP contribution in [0.3, 0.4) is 0 Å². The van der Waals surface area contributed by atoms with Gasteiger partial charge in [0.2, 0.25) is 0 Å². The van der Waals surface area contributed by atoms with Crippen molar-refractivity contribution in [2.45, 2.75) is 91.7 Å². The van der Waals surface area contributed by atoms with E-state index in [1.165, 1.54) is 0 Å². The number of thioether (sulfide) groups is 1. The lowest BCUT2D eigenvalue weighted by Crippen LogP contribution is -2.70. The number of benzene rings is 2. The monoisotopic (exact) mass is 582 g/mol. The molecule has 2 aromatic rings. The van der Waals surface area contributed by atoms with Gasteiger partial charge in [-0.1, -0.05) is 39.0 Å². The van der Waals surface area contributed by atoms with Crippen LogP contribution in [0.2, 0.25) is 18.1 Å². The standard InChI is InChI=1S/C32H42O6SSi/c1-29(2,3)40(6,7)38-28-22-27-30(4,39-25-12-9-8-10-13-25)32(33,26-14-11-20-36-26)31(28,37-27)19-21-35-24-17-15-23(34-5)16-18-24/h8-10,12-19,21,27-28,33H,11,20,22H2,1-7H3/b21-19-. The van der Waals surface area contributed by atoms with Gasteiger partial charge >= 0.3 is 0 Å². The molecule has 1 N–H and O–H groups in total. The molecule has 2 aromatic carbocycles. The normalized spacial score (nSPS) is 31.9. The summed E-state index contributed by atoms with van der Waals surface area (Å²) in [5, 5.41) is 13.1. The minimum absolute atomic E-state index is 0.0112.